The summed E-state index contributed by atoms with van der Waals surface area (Å²) in [6, 6.07) is 16.1. The molecule has 9 heteroatoms. The summed E-state index contributed by atoms with van der Waals surface area (Å²) in [6.07, 6.45) is 0.274. The van der Waals surface area contributed by atoms with Crippen LogP contribution in [0.2, 0.25) is 0 Å². The van der Waals surface area contributed by atoms with Crippen molar-refractivity contribution in [1.82, 2.24) is 15.4 Å². The number of H-pyrrole nitrogens is 1. The van der Waals surface area contributed by atoms with Crippen LogP contribution in [-0.2, 0) is 14.3 Å². The van der Waals surface area contributed by atoms with Crippen LogP contribution in [0.25, 0.3) is 11.3 Å². The summed E-state index contributed by atoms with van der Waals surface area (Å²) in [5, 5.41) is 13.0. The maximum Gasteiger partial charge on any atom is 0.361 e. The number of aromatic amines is 1. The summed E-state index contributed by atoms with van der Waals surface area (Å²) in [7, 11) is 0. The average Bonchev–Trinajstić information content (AvgIpc) is 3.43. The molecule has 2 N–H and O–H groups in total. The zero-order chi connectivity index (χ0) is 21.8. The van der Waals surface area contributed by atoms with E-state index in [0.717, 1.165) is 12.1 Å². The molecule has 4 rings (SSSR count). The van der Waals surface area contributed by atoms with Crippen LogP contribution in [0.4, 0.5) is 11.4 Å². The van der Waals surface area contributed by atoms with Gasteiger partial charge in [0.1, 0.15) is 5.69 Å². The van der Waals surface area contributed by atoms with Gasteiger partial charge in [-0.1, -0.05) is 36.4 Å². The highest BCUT2D eigenvalue weighted by Gasteiger charge is 2.25. The minimum atomic E-state index is -1.06. The predicted octanol–water partition coefficient (Wildman–Crippen LogP) is 2.78. The Bertz CT molecular complexity index is 1110. The summed E-state index contributed by atoms with van der Waals surface area (Å²) < 4.78 is 5.30. The molecule has 1 atom stereocenters. The largest absolute Gasteiger partial charge is 0.448 e. The van der Waals surface area contributed by atoms with Crippen LogP contribution in [0, 0.1) is 0 Å². The zero-order valence-corrected chi connectivity index (χ0v) is 16.9. The molecule has 1 aliphatic heterocycles. The molecule has 0 radical (unpaired) electrons. The number of esters is 1. The number of carbonyl (C=O) groups excluding carboxylic acids is 3. The van der Waals surface area contributed by atoms with Crippen LogP contribution in [0.5, 0.6) is 0 Å². The maximum atomic E-state index is 12.6. The number of nitrogens with one attached hydrogen (secondary N) is 2. The van der Waals surface area contributed by atoms with Gasteiger partial charge in [-0.15, -0.1) is 5.10 Å². The van der Waals surface area contributed by atoms with E-state index in [4.69, 9.17) is 4.74 Å². The molecule has 2 aromatic carbocycles. The summed E-state index contributed by atoms with van der Waals surface area (Å²) in [4.78, 5) is 38.8. The molecule has 9 nitrogen and oxygen atoms in total. The Kier molecular flexibility index (Phi) is 5.74. The number of anilines is 2. The standard InChI is InChI=1S/C22H21N5O4/c1-14(31-22(30)20-19(24-26-25-20)15-7-3-2-4-8-15)21(29)23-16-9-5-10-17(13-16)27-12-6-11-18(27)28/h2-5,7-10,13-14H,6,11-12H2,1H3,(H,23,29)(H,24,25,26). The molecule has 1 saturated heterocycles. The summed E-state index contributed by atoms with van der Waals surface area (Å²) in [5.74, 6) is -1.19. The van der Waals surface area contributed by atoms with Gasteiger partial charge in [0.05, 0.1) is 0 Å². The van der Waals surface area contributed by atoms with Gasteiger partial charge in [0, 0.05) is 29.9 Å². The number of rotatable bonds is 6. The first-order valence-electron chi connectivity index (χ1n) is 9.91. The van der Waals surface area contributed by atoms with E-state index in [1.807, 2.05) is 24.3 Å². The van der Waals surface area contributed by atoms with Crippen molar-refractivity contribution >= 4 is 29.2 Å². The lowest BCUT2D eigenvalue weighted by molar-refractivity contribution is -0.123. The van der Waals surface area contributed by atoms with E-state index in [2.05, 4.69) is 20.7 Å². The molecule has 31 heavy (non-hydrogen) atoms. The molecule has 2 heterocycles. The Morgan fingerprint density at radius 2 is 1.94 bits per heavy atom. The van der Waals surface area contributed by atoms with E-state index in [0.29, 0.717) is 29.9 Å². The zero-order valence-electron chi connectivity index (χ0n) is 16.9. The van der Waals surface area contributed by atoms with E-state index in [1.54, 1.807) is 35.2 Å². The van der Waals surface area contributed by atoms with E-state index < -0.39 is 18.0 Å². The molecule has 0 aliphatic carbocycles. The Balaban J connectivity index is 1.41. The van der Waals surface area contributed by atoms with Gasteiger partial charge in [-0.2, -0.15) is 10.3 Å². The fraction of sp³-hybridized carbons (Fsp3) is 0.227. The third-order valence-corrected chi connectivity index (χ3v) is 4.94. The highest BCUT2D eigenvalue weighted by Crippen LogP contribution is 2.24. The molecule has 1 unspecified atom stereocenters. The molecule has 1 aromatic heterocycles. The normalized spacial score (nSPS) is 14.4. The summed E-state index contributed by atoms with van der Waals surface area (Å²) >= 11 is 0. The number of aromatic nitrogens is 3. The fourth-order valence-corrected chi connectivity index (χ4v) is 3.36. The number of benzene rings is 2. The van der Waals surface area contributed by atoms with Crippen LogP contribution in [0.15, 0.2) is 54.6 Å². The van der Waals surface area contributed by atoms with Crippen LogP contribution < -0.4 is 10.2 Å². The predicted molar refractivity (Wildman–Crippen MR) is 113 cm³/mol. The van der Waals surface area contributed by atoms with Crippen molar-refractivity contribution in [3.8, 4) is 11.3 Å². The van der Waals surface area contributed by atoms with Crippen molar-refractivity contribution in [1.29, 1.82) is 0 Å². The third-order valence-electron chi connectivity index (χ3n) is 4.94. The molecule has 0 bridgehead atoms. The minimum Gasteiger partial charge on any atom is -0.448 e. The number of hydrogen-bond acceptors (Lipinski definition) is 6. The van der Waals surface area contributed by atoms with Crippen molar-refractivity contribution in [2.45, 2.75) is 25.9 Å². The maximum absolute atomic E-state index is 12.6. The lowest BCUT2D eigenvalue weighted by Crippen LogP contribution is -2.30. The second-order valence-corrected chi connectivity index (χ2v) is 7.12. The summed E-state index contributed by atoms with van der Waals surface area (Å²) in [5.41, 5.74) is 2.28. The van der Waals surface area contributed by atoms with Gasteiger partial charge < -0.3 is 15.0 Å². The van der Waals surface area contributed by atoms with Gasteiger partial charge in [-0.3, -0.25) is 9.59 Å². The molecule has 1 aliphatic rings. The number of hydrogen-bond donors (Lipinski definition) is 2. The lowest BCUT2D eigenvalue weighted by Gasteiger charge is -2.17. The van der Waals surface area contributed by atoms with Gasteiger partial charge in [-0.25, -0.2) is 4.79 Å². The van der Waals surface area contributed by atoms with Crippen LogP contribution in [0.1, 0.15) is 30.3 Å². The van der Waals surface area contributed by atoms with Crippen molar-refractivity contribution in [2.75, 3.05) is 16.8 Å². The van der Waals surface area contributed by atoms with Crippen LogP contribution in [-0.4, -0.2) is 45.8 Å². The van der Waals surface area contributed by atoms with Crippen molar-refractivity contribution in [2.24, 2.45) is 0 Å². The van der Waals surface area contributed by atoms with Crippen LogP contribution >= 0.6 is 0 Å². The number of carbonyl (C=O) groups is 3. The Hall–Kier alpha value is -4.01. The fourth-order valence-electron chi connectivity index (χ4n) is 3.36. The summed E-state index contributed by atoms with van der Waals surface area (Å²) in [6.45, 7) is 2.13. The minimum absolute atomic E-state index is 0.000364. The van der Waals surface area contributed by atoms with E-state index in [1.165, 1.54) is 6.92 Å². The van der Waals surface area contributed by atoms with Gasteiger partial charge in [0.15, 0.2) is 11.8 Å². The van der Waals surface area contributed by atoms with E-state index in [-0.39, 0.29) is 11.6 Å². The number of nitrogens with zero attached hydrogens (tertiary/aromatic N) is 3. The molecular weight excluding hydrogens is 398 g/mol. The molecule has 0 saturated carbocycles. The van der Waals surface area contributed by atoms with E-state index >= 15 is 0 Å². The number of ether oxygens (including phenoxy) is 1. The molecule has 2 amide bonds. The molecule has 1 fully saturated rings. The van der Waals surface area contributed by atoms with Crippen LogP contribution in [0.3, 0.4) is 0 Å². The topological polar surface area (TPSA) is 117 Å². The Labute approximate surface area is 178 Å². The first-order chi connectivity index (χ1) is 15.0. The Morgan fingerprint density at radius 1 is 1.13 bits per heavy atom. The third kappa shape index (κ3) is 4.45. The number of amides is 2. The second-order valence-electron chi connectivity index (χ2n) is 7.12. The first-order valence-corrected chi connectivity index (χ1v) is 9.91. The highest BCUT2D eigenvalue weighted by atomic mass is 16.5. The smallest absolute Gasteiger partial charge is 0.361 e. The second kappa shape index (κ2) is 8.78. The SMILES string of the molecule is CC(OC(=O)c1n[nH]nc1-c1ccccc1)C(=O)Nc1cccc(N2CCCC2=O)c1. The molecular formula is C22H21N5O4. The van der Waals surface area contributed by atoms with Gasteiger partial charge in [0.25, 0.3) is 5.91 Å². The van der Waals surface area contributed by atoms with Gasteiger partial charge in [-0.05, 0) is 31.5 Å². The van der Waals surface area contributed by atoms with Crippen molar-refractivity contribution in [3.63, 3.8) is 0 Å². The van der Waals surface area contributed by atoms with Crippen molar-refractivity contribution < 1.29 is 19.1 Å². The first kappa shape index (κ1) is 20.3. The highest BCUT2D eigenvalue weighted by molar-refractivity contribution is 6.00. The van der Waals surface area contributed by atoms with Gasteiger partial charge in [0.2, 0.25) is 5.91 Å². The van der Waals surface area contributed by atoms with Crippen molar-refractivity contribution in [3.05, 3.63) is 60.3 Å². The lowest BCUT2D eigenvalue weighted by atomic mass is 10.1. The molecule has 0 spiro atoms. The Morgan fingerprint density at radius 3 is 2.68 bits per heavy atom. The van der Waals surface area contributed by atoms with E-state index in [9.17, 15) is 14.4 Å². The van der Waals surface area contributed by atoms with Gasteiger partial charge >= 0.3 is 5.97 Å². The quantitative estimate of drug-likeness (QED) is 0.594. The molecule has 158 valence electrons. The molecule has 3 aromatic rings. The average molecular weight is 419 g/mol. The monoisotopic (exact) mass is 419 g/mol.